The first-order chi connectivity index (χ1) is 11.0. The van der Waals surface area contributed by atoms with E-state index in [9.17, 15) is 18.5 Å². The van der Waals surface area contributed by atoms with Gasteiger partial charge in [0.05, 0.1) is 17.6 Å². The van der Waals surface area contributed by atoms with Gasteiger partial charge in [-0.15, -0.1) is 0 Å². The minimum atomic E-state index is -3.87. The first-order valence-electron chi connectivity index (χ1n) is 6.59. The van der Waals surface area contributed by atoms with Crippen LogP contribution >= 0.6 is 0 Å². The standard InChI is InChI=1S/C17H13NO4S/c1-22-17(19)14-9-7-13(8-10-14)11-16(12-18)23(20,21)15-5-3-2-4-6-15/h2-11H,1H3/b16-11+. The Bertz CT molecular complexity index is 876. The minimum absolute atomic E-state index is 0.0546. The van der Waals surface area contributed by atoms with Crippen molar-refractivity contribution in [2.45, 2.75) is 4.90 Å². The summed E-state index contributed by atoms with van der Waals surface area (Å²) < 4.78 is 29.4. The third-order valence-corrected chi connectivity index (χ3v) is 4.76. The Labute approximate surface area is 134 Å². The highest BCUT2D eigenvalue weighted by molar-refractivity contribution is 7.95. The summed E-state index contributed by atoms with van der Waals surface area (Å²) in [6.07, 6.45) is 1.27. The Balaban J connectivity index is 2.40. The van der Waals surface area contributed by atoms with Crippen molar-refractivity contribution in [1.82, 2.24) is 0 Å². The molecule has 2 aromatic carbocycles. The Morgan fingerprint density at radius 2 is 1.70 bits per heavy atom. The van der Waals surface area contributed by atoms with Crippen LogP contribution in [0.2, 0.25) is 0 Å². The predicted molar refractivity (Wildman–Crippen MR) is 85.0 cm³/mol. The number of benzene rings is 2. The molecular weight excluding hydrogens is 314 g/mol. The summed E-state index contributed by atoms with van der Waals surface area (Å²) in [4.78, 5) is 11.0. The molecule has 2 rings (SSSR count). The van der Waals surface area contributed by atoms with Gasteiger partial charge in [-0.25, -0.2) is 13.2 Å². The number of methoxy groups -OCH3 is 1. The van der Waals surface area contributed by atoms with Gasteiger partial charge in [-0.3, -0.25) is 0 Å². The highest BCUT2D eigenvalue weighted by atomic mass is 32.2. The highest BCUT2D eigenvalue weighted by Gasteiger charge is 2.20. The summed E-state index contributed by atoms with van der Waals surface area (Å²) in [5, 5.41) is 9.19. The quantitative estimate of drug-likeness (QED) is 0.637. The molecule has 116 valence electrons. The van der Waals surface area contributed by atoms with E-state index in [2.05, 4.69) is 4.74 Å². The topological polar surface area (TPSA) is 84.2 Å². The summed E-state index contributed by atoms with van der Waals surface area (Å²) in [6.45, 7) is 0. The molecule has 0 radical (unpaired) electrons. The molecule has 0 aliphatic carbocycles. The lowest BCUT2D eigenvalue weighted by molar-refractivity contribution is 0.0600. The first kappa shape index (κ1) is 16.5. The average molecular weight is 327 g/mol. The molecule has 23 heavy (non-hydrogen) atoms. The van der Waals surface area contributed by atoms with E-state index in [1.807, 2.05) is 0 Å². The van der Waals surface area contributed by atoms with Gasteiger partial charge in [-0.1, -0.05) is 30.3 Å². The fraction of sp³-hybridized carbons (Fsp3) is 0.0588. The van der Waals surface area contributed by atoms with E-state index in [1.54, 1.807) is 36.4 Å². The molecule has 0 aromatic heterocycles. The third kappa shape index (κ3) is 3.65. The van der Waals surface area contributed by atoms with Gasteiger partial charge in [0.1, 0.15) is 11.0 Å². The largest absolute Gasteiger partial charge is 0.465 e. The maximum atomic E-state index is 12.4. The maximum Gasteiger partial charge on any atom is 0.337 e. The zero-order chi connectivity index (χ0) is 16.9. The number of ether oxygens (including phenoxy) is 1. The Morgan fingerprint density at radius 3 is 2.22 bits per heavy atom. The van der Waals surface area contributed by atoms with Crippen molar-refractivity contribution in [3.05, 3.63) is 70.6 Å². The smallest absolute Gasteiger partial charge is 0.337 e. The molecule has 0 bridgehead atoms. The summed E-state index contributed by atoms with van der Waals surface area (Å²) >= 11 is 0. The van der Waals surface area contributed by atoms with Crippen molar-refractivity contribution in [2.75, 3.05) is 7.11 Å². The van der Waals surface area contributed by atoms with Crippen LogP contribution in [0.15, 0.2) is 64.4 Å². The van der Waals surface area contributed by atoms with Gasteiger partial charge in [0, 0.05) is 0 Å². The highest BCUT2D eigenvalue weighted by Crippen LogP contribution is 2.21. The molecule has 0 N–H and O–H groups in total. The molecule has 0 aliphatic rings. The van der Waals surface area contributed by atoms with E-state index in [-0.39, 0.29) is 9.80 Å². The van der Waals surface area contributed by atoms with Crippen LogP contribution in [-0.2, 0) is 14.6 Å². The molecule has 0 aliphatic heterocycles. The van der Waals surface area contributed by atoms with Crippen molar-refractivity contribution in [2.24, 2.45) is 0 Å². The molecule has 0 saturated carbocycles. The van der Waals surface area contributed by atoms with Crippen LogP contribution in [-0.4, -0.2) is 21.5 Å². The number of sulfone groups is 1. The molecule has 0 spiro atoms. The van der Waals surface area contributed by atoms with Gasteiger partial charge < -0.3 is 4.74 Å². The van der Waals surface area contributed by atoms with Crippen molar-refractivity contribution in [1.29, 1.82) is 5.26 Å². The molecule has 0 saturated heterocycles. The van der Waals surface area contributed by atoms with Gasteiger partial charge in [0.25, 0.3) is 0 Å². The number of nitriles is 1. The van der Waals surface area contributed by atoms with Gasteiger partial charge >= 0.3 is 5.97 Å². The normalized spacial score (nSPS) is 11.6. The zero-order valence-corrected chi connectivity index (χ0v) is 13.1. The summed E-state index contributed by atoms with van der Waals surface area (Å²) in [5.74, 6) is -0.488. The third-order valence-electron chi connectivity index (χ3n) is 3.08. The Hall–Kier alpha value is -2.91. The molecule has 0 fully saturated rings. The number of rotatable bonds is 4. The molecular formula is C17H13NO4S. The van der Waals surface area contributed by atoms with Crippen LogP contribution in [0.1, 0.15) is 15.9 Å². The van der Waals surface area contributed by atoms with Gasteiger partial charge in [0.15, 0.2) is 0 Å². The van der Waals surface area contributed by atoms with Crippen LogP contribution in [0.3, 0.4) is 0 Å². The number of nitrogens with zero attached hydrogens (tertiary/aromatic N) is 1. The Morgan fingerprint density at radius 1 is 1.09 bits per heavy atom. The zero-order valence-electron chi connectivity index (χ0n) is 12.3. The number of esters is 1. The maximum absolute atomic E-state index is 12.4. The summed E-state index contributed by atoms with van der Waals surface area (Å²) in [5.41, 5.74) is 0.836. The fourth-order valence-electron chi connectivity index (χ4n) is 1.88. The fourth-order valence-corrected chi connectivity index (χ4v) is 3.06. The second-order valence-corrected chi connectivity index (χ2v) is 6.47. The van der Waals surface area contributed by atoms with Crippen molar-refractivity contribution in [3.63, 3.8) is 0 Å². The van der Waals surface area contributed by atoms with E-state index < -0.39 is 15.8 Å². The predicted octanol–water partition coefficient (Wildman–Crippen LogP) is 2.81. The molecule has 5 nitrogen and oxygen atoms in total. The van der Waals surface area contributed by atoms with E-state index in [4.69, 9.17) is 0 Å². The molecule has 6 heteroatoms. The van der Waals surface area contributed by atoms with E-state index >= 15 is 0 Å². The molecule has 2 aromatic rings. The van der Waals surface area contributed by atoms with Gasteiger partial charge in [0.2, 0.25) is 9.84 Å². The number of hydrogen-bond donors (Lipinski definition) is 0. The first-order valence-corrected chi connectivity index (χ1v) is 8.07. The monoisotopic (exact) mass is 327 g/mol. The molecule has 0 amide bonds. The van der Waals surface area contributed by atoms with E-state index in [0.717, 1.165) is 0 Å². The number of carbonyl (C=O) groups is 1. The second kappa shape index (κ2) is 6.90. The molecule has 0 unspecified atom stereocenters. The minimum Gasteiger partial charge on any atom is -0.465 e. The van der Waals surface area contributed by atoms with Gasteiger partial charge in [-0.2, -0.15) is 5.26 Å². The lowest BCUT2D eigenvalue weighted by Crippen LogP contribution is -2.03. The van der Waals surface area contributed by atoms with Crippen LogP contribution in [0.5, 0.6) is 0 Å². The van der Waals surface area contributed by atoms with Crippen molar-refractivity contribution >= 4 is 21.9 Å². The number of carbonyl (C=O) groups excluding carboxylic acids is 1. The molecule has 0 atom stereocenters. The van der Waals surface area contributed by atoms with Crippen LogP contribution in [0, 0.1) is 11.3 Å². The summed E-state index contributed by atoms with van der Waals surface area (Å²) in [7, 11) is -2.60. The summed E-state index contributed by atoms with van der Waals surface area (Å²) in [6, 6.07) is 15.6. The number of allylic oxidation sites excluding steroid dienone is 1. The molecule has 0 heterocycles. The van der Waals surface area contributed by atoms with Gasteiger partial charge in [-0.05, 0) is 35.9 Å². The van der Waals surface area contributed by atoms with Crippen molar-refractivity contribution in [3.8, 4) is 6.07 Å². The Kier molecular flexibility index (Phi) is 4.94. The second-order valence-electron chi connectivity index (χ2n) is 4.55. The van der Waals surface area contributed by atoms with E-state index in [1.165, 1.54) is 37.5 Å². The van der Waals surface area contributed by atoms with Crippen LogP contribution in [0.4, 0.5) is 0 Å². The van der Waals surface area contributed by atoms with E-state index in [0.29, 0.717) is 11.1 Å². The average Bonchev–Trinajstić information content (AvgIpc) is 2.60. The van der Waals surface area contributed by atoms with Crippen molar-refractivity contribution < 1.29 is 17.9 Å². The lowest BCUT2D eigenvalue weighted by Gasteiger charge is -2.03. The SMILES string of the molecule is COC(=O)c1ccc(/C=C(\C#N)S(=O)(=O)c2ccccc2)cc1. The lowest BCUT2D eigenvalue weighted by atomic mass is 10.1. The number of hydrogen-bond acceptors (Lipinski definition) is 5. The van der Waals surface area contributed by atoms with Crippen LogP contribution in [0.25, 0.3) is 6.08 Å². The van der Waals surface area contributed by atoms with Crippen LogP contribution < -0.4 is 0 Å².